The zero-order valence-corrected chi connectivity index (χ0v) is 20.2. The molecule has 0 aromatic carbocycles. The Morgan fingerprint density at radius 2 is 1.56 bits per heavy atom. The van der Waals surface area contributed by atoms with E-state index < -0.39 is 8.32 Å². The highest BCUT2D eigenvalue weighted by molar-refractivity contribution is 6.74. The summed E-state index contributed by atoms with van der Waals surface area (Å²) in [5, 5.41) is 10.9. The van der Waals surface area contributed by atoms with Crippen molar-refractivity contribution < 1.29 is 9.53 Å². The van der Waals surface area contributed by atoms with Gasteiger partial charge in [-0.05, 0) is 55.1 Å². The van der Waals surface area contributed by atoms with Gasteiger partial charge in [0.05, 0.1) is 12.2 Å². The zero-order chi connectivity index (χ0) is 20.2. The van der Waals surface area contributed by atoms with Crippen LogP contribution >= 0.6 is 0 Å². The third-order valence-corrected chi connectivity index (χ3v) is 12.0. The monoisotopic (exact) mass is 394 g/mol. The first-order chi connectivity index (χ1) is 12.5. The molecule has 27 heavy (non-hydrogen) atoms. The molecule has 2 rings (SSSR count). The molecule has 0 unspecified atom stereocenters. The number of hydrogen-bond acceptors (Lipinski definition) is 2. The summed E-state index contributed by atoms with van der Waals surface area (Å²) < 4.78 is 6.99. The van der Waals surface area contributed by atoms with E-state index in [1.165, 1.54) is 44.1 Å². The third kappa shape index (κ3) is 6.18. The Kier molecular flexibility index (Phi) is 8.22. The highest BCUT2D eigenvalue weighted by Gasteiger charge is 2.46. The van der Waals surface area contributed by atoms with Crippen LogP contribution < -0.4 is 0 Å². The molecule has 2 aliphatic carbocycles. The van der Waals surface area contributed by atoms with E-state index in [1.54, 1.807) is 0 Å². The van der Waals surface area contributed by atoms with Crippen LogP contribution in [0, 0.1) is 17.8 Å². The third-order valence-electron chi connectivity index (χ3n) is 7.47. The summed E-state index contributed by atoms with van der Waals surface area (Å²) in [5.41, 5.74) is 1.49. The molecule has 4 atom stereocenters. The average molecular weight is 395 g/mol. The summed E-state index contributed by atoms with van der Waals surface area (Å²) in [6, 6.07) is 0. The molecule has 0 spiro atoms. The van der Waals surface area contributed by atoms with Gasteiger partial charge in [-0.25, -0.2) is 0 Å². The molecule has 0 radical (unpaired) electrons. The predicted molar refractivity (Wildman–Crippen MR) is 120 cm³/mol. The first-order valence-corrected chi connectivity index (χ1v) is 14.5. The fourth-order valence-corrected chi connectivity index (χ4v) is 6.32. The van der Waals surface area contributed by atoms with Gasteiger partial charge in [0.25, 0.3) is 0 Å². The Morgan fingerprint density at radius 3 is 2.11 bits per heavy atom. The second-order valence-corrected chi connectivity index (χ2v) is 15.8. The standard InChI is InChI=1S/C24H46O2Si/c1-18(2)23-19-16-20(25)14-12-10-8-9-11-13-15-21(23)22(17-19)26-27(6,7)24(3,4)5/h16,18,20-23,25H,8-15,17H2,1-7H3/b19-16-/t20-,21+,22+,23+/m1/s1. The molecule has 3 heteroatoms. The Bertz CT molecular complexity index is 489. The van der Waals surface area contributed by atoms with Gasteiger partial charge in [0, 0.05) is 0 Å². The maximum Gasteiger partial charge on any atom is 0.192 e. The quantitative estimate of drug-likeness (QED) is 0.409. The van der Waals surface area contributed by atoms with E-state index in [0.717, 1.165) is 19.3 Å². The molecular formula is C24H46O2Si. The molecule has 2 bridgehead atoms. The van der Waals surface area contributed by atoms with E-state index in [2.05, 4.69) is 53.8 Å². The zero-order valence-electron chi connectivity index (χ0n) is 19.2. The molecule has 2 nitrogen and oxygen atoms in total. The second-order valence-electron chi connectivity index (χ2n) is 11.1. The smallest absolute Gasteiger partial charge is 0.192 e. The van der Waals surface area contributed by atoms with Gasteiger partial charge in [-0.1, -0.05) is 84.8 Å². The Balaban J connectivity index is 2.29. The number of fused-ring (bicyclic) bond motifs is 2. The number of hydrogen-bond donors (Lipinski definition) is 1. The van der Waals surface area contributed by atoms with Crippen LogP contribution in [0.2, 0.25) is 18.1 Å². The molecule has 2 aliphatic rings. The number of rotatable bonds is 3. The lowest BCUT2D eigenvalue weighted by Crippen LogP contribution is -2.45. The maximum absolute atomic E-state index is 10.6. The van der Waals surface area contributed by atoms with Crippen molar-refractivity contribution >= 4 is 8.32 Å². The van der Waals surface area contributed by atoms with Crippen molar-refractivity contribution in [1.82, 2.24) is 0 Å². The van der Waals surface area contributed by atoms with Crippen molar-refractivity contribution in [3.8, 4) is 0 Å². The van der Waals surface area contributed by atoms with E-state index in [-0.39, 0.29) is 11.1 Å². The minimum Gasteiger partial charge on any atom is -0.413 e. The predicted octanol–water partition coefficient (Wildman–Crippen LogP) is 7.09. The van der Waals surface area contributed by atoms with Crippen molar-refractivity contribution in [2.75, 3.05) is 0 Å². The van der Waals surface area contributed by atoms with Crippen LogP contribution in [0.3, 0.4) is 0 Å². The van der Waals surface area contributed by atoms with Crippen molar-refractivity contribution in [2.24, 2.45) is 17.8 Å². The Hall–Kier alpha value is -0.123. The first-order valence-electron chi connectivity index (χ1n) is 11.6. The molecule has 0 heterocycles. The van der Waals surface area contributed by atoms with E-state index in [1.807, 2.05) is 0 Å². The summed E-state index contributed by atoms with van der Waals surface area (Å²) in [5.74, 6) is 1.82. The normalized spacial score (nSPS) is 33.7. The number of aliphatic hydroxyl groups is 1. The lowest BCUT2D eigenvalue weighted by Gasteiger charge is -2.40. The average Bonchev–Trinajstić information content (AvgIpc) is 2.85. The van der Waals surface area contributed by atoms with Crippen LogP contribution in [-0.4, -0.2) is 25.6 Å². The Morgan fingerprint density at radius 1 is 1.00 bits per heavy atom. The molecule has 0 aromatic heterocycles. The molecule has 158 valence electrons. The van der Waals surface area contributed by atoms with Crippen LogP contribution in [0.1, 0.15) is 92.4 Å². The van der Waals surface area contributed by atoms with Gasteiger partial charge < -0.3 is 9.53 Å². The summed E-state index contributed by atoms with van der Waals surface area (Å²) in [6.07, 6.45) is 13.3. The fourth-order valence-electron chi connectivity index (χ4n) is 4.95. The van der Waals surface area contributed by atoms with Gasteiger partial charge >= 0.3 is 0 Å². The lowest BCUT2D eigenvalue weighted by molar-refractivity contribution is 0.108. The Labute approximate surface area is 170 Å². The molecule has 0 aromatic rings. The summed E-state index contributed by atoms with van der Waals surface area (Å²) in [7, 11) is -1.79. The number of aliphatic hydroxyl groups excluding tert-OH is 1. The van der Waals surface area contributed by atoms with Crippen LogP contribution in [0.5, 0.6) is 0 Å². The first kappa shape index (κ1) is 23.2. The summed E-state index contributed by atoms with van der Waals surface area (Å²) in [4.78, 5) is 0. The van der Waals surface area contributed by atoms with Crippen molar-refractivity contribution in [1.29, 1.82) is 0 Å². The van der Waals surface area contributed by atoms with Gasteiger partial charge in [0.15, 0.2) is 8.32 Å². The van der Waals surface area contributed by atoms with Gasteiger partial charge in [0.1, 0.15) is 0 Å². The van der Waals surface area contributed by atoms with E-state index in [4.69, 9.17) is 4.43 Å². The topological polar surface area (TPSA) is 29.5 Å². The van der Waals surface area contributed by atoms with E-state index in [0.29, 0.717) is 23.9 Å². The minimum absolute atomic E-state index is 0.248. The molecule has 1 saturated carbocycles. The fraction of sp³-hybridized carbons (Fsp3) is 0.917. The summed E-state index contributed by atoms with van der Waals surface area (Å²) in [6.45, 7) is 16.5. The molecule has 1 N–H and O–H groups in total. The molecular weight excluding hydrogens is 348 g/mol. The molecule has 0 amide bonds. The maximum atomic E-state index is 10.6. The molecule has 1 fully saturated rings. The van der Waals surface area contributed by atoms with Gasteiger partial charge in [-0.2, -0.15) is 0 Å². The van der Waals surface area contributed by atoms with E-state index >= 15 is 0 Å². The SMILES string of the molecule is CC(C)[C@H]1/C2=C\[C@H](O)CCCCCCCC[C@H]1[C@@H](O[Si](C)(C)C(C)(C)C)C2. The van der Waals surface area contributed by atoms with Gasteiger partial charge in [-0.15, -0.1) is 0 Å². The van der Waals surface area contributed by atoms with E-state index in [9.17, 15) is 5.11 Å². The highest BCUT2D eigenvalue weighted by Crippen LogP contribution is 2.48. The second kappa shape index (κ2) is 9.58. The highest BCUT2D eigenvalue weighted by atomic mass is 28.4. The molecule has 0 saturated heterocycles. The minimum atomic E-state index is -1.79. The van der Waals surface area contributed by atoms with Crippen LogP contribution in [0.15, 0.2) is 11.6 Å². The van der Waals surface area contributed by atoms with Crippen LogP contribution in [0.25, 0.3) is 0 Å². The summed E-state index contributed by atoms with van der Waals surface area (Å²) >= 11 is 0. The molecule has 0 aliphatic heterocycles. The van der Waals surface area contributed by atoms with Crippen molar-refractivity contribution in [2.45, 2.75) is 123 Å². The van der Waals surface area contributed by atoms with Crippen molar-refractivity contribution in [3.05, 3.63) is 11.6 Å². The lowest BCUT2D eigenvalue weighted by atomic mass is 9.80. The van der Waals surface area contributed by atoms with Gasteiger partial charge in [-0.3, -0.25) is 0 Å². The van der Waals surface area contributed by atoms with Gasteiger partial charge in [0.2, 0.25) is 0 Å². The van der Waals surface area contributed by atoms with Crippen molar-refractivity contribution in [3.63, 3.8) is 0 Å². The van der Waals surface area contributed by atoms with Crippen LogP contribution in [0.4, 0.5) is 0 Å². The van der Waals surface area contributed by atoms with Crippen LogP contribution in [-0.2, 0) is 4.43 Å². The largest absolute Gasteiger partial charge is 0.413 e.